The van der Waals surface area contributed by atoms with Crippen LogP contribution in [0.3, 0.4) is 0 Å². The Balaban J connectivity index is 2.21. The van der Waals surface area contributed by atoms with Crippen LogP contribution in [0.4, 0.5) is 5.82 Å². The summed E-state index contributed by atoms with van der Waals surface area (Å²) < 4.78 is 0. The van der Waals surface area contributed by atoms with Crippen LogP contribution in [-0.2, 0) is 0 Å². The third kappa shape index (κ3) is 2.79. The smallest absolute Gasteiger partial charge is 0.149 e. The summed E-state index contributed by atoms with van der Waals surface area (Å²) in [6.45, 7) is 2.28. The van der Waals surface area contributed by atoms with Crippen LogP contribution in [0.1, 0.15) is 5.56 Å². The van der Waals surface area contributed by atoms with Gasteiger partial charge in [-0.15, -0.1) is 10.2 Å². The monoisotopic (exact) mass is 224 g/mol. The van der Waals surface area contributed by atoms with Crippen LogP contribution < -0.4 is 5.32 Å². The molecular weight excluding hydrogens is 212 g/mol. The average Bonchev–Trinajstić information content (AvgIpc) is 2.37. The molecule has 4 heteroatoms. The van der Waals surface area contributed by atoms with E-state index in [-0.39, 0.29) is 6.54 Å². The highest BCUT2D eigenvalue weighted by Crippen LogP contribution is 2.17. The summed E-state index contributed by atoms with van der Waals surface area (Å²) in [6, 6.07) is 13.8. The fourth-order valence-electron chi connectivity index (χ4n) is 1.51. The topological polar surface area (TPSA) is 61.6 Å². The third-order valence-electron chi connectivity index (χ3n) is 2.33. The summed E-state index contributed by atoms with van der Waals surface area (Å²) in [7, 11) is 0. The first-order valence-corrected chi connectivity index (χ1v) is 5.31. The number of hydrogen-bond donors (Lipinski definition) is 1. The number of rotatable bonds is 3. The van der Waals surface area contributed by atoms with Crippen LogP contribution in [0.2, 0.25) is 0 Å². The summed E-state index contributed by atoms with van der Waals surface area (Å²) in [5.74, 6) is 0.614. The molecule has 4 nitrogen and oxygen atoms in total. The van der Waals surface area contributed by atoms with Crippen molar-refractivity contribution >= 4 is 5.82 Å². The molecule has 1 heterocycles. The van der Waals surface area contributed by atoms with E-state index in [1.807, 2.05) is 43.3 Å². The SMILES string of the molecule is Cc1cccc(-c2ccc(NCC#N)nn2)c1. The highest BCUT2D eigenvalue weighted by Gasteiger charge is 2.00. The number of anilines is 1. The lowest BCUT2D eigenvalue weighted by Crippen LogP contribution is -2.01. The first-order chi connectivity index (χ1) is 8.29. The Morgan fingerprint density at radius 3 is 2.76 bits per heavy atom. The van der Waals surface area contributed by atoms with Gasteiger partial charge in [0.25, 0.3) is 0 Å². The molecule has 0 bridgehead atoms. The molecule has 17 heavy (non-hydrogen) atoms. The molecule has 1 aromatic carbocycles. The lowest BCUT2D eigenvalue weighted by molar-refractivity contribution is 1.03. The number of nitriles is 1. The van der Waals surface area contributed by atoms with Gasteiger partial charge < -0.3 is 5.32 Å². The quantitative estimate of drug-likeness (QED) is 0.813. The van der Waals surface area contributed by atoms with Gasteiger partial charge in [0, 0.05) is 5.56 Å². The molecule has 0 aliphatic carbocycles. The first kappa shape index (κ1) is 11.1. The van der Waals surface area contributed by atoms with Crippen molar-refractivity contribution in [3.63, 3.8) is 0 Å². The molecule has 2 rings (SSSR count). The molecule has 1 N–H and O–H groups in total. The lowest BCUT2D eigenvalue weighted by atomic mass is 10.1. The largest absolute Gasteiger partial charge is 0.356 e. The fraction of sp³-hybridized carbons (Fsp3) is 0.154. The molecule has 84 valence electrons. The summed E-state index contributed by atoms with van der Waals surface area (Å²) >= 11 is 0. The molecule has 0 atom stereocenters. The maximum Gasteiger partial charge on any atom is 0.149 e. The summed E-state index contributed by atoms with van der Waals surface area (Å²) in [5.41, 5.74) is 3.07. The molecule has 0 saturated carbocycles. The molecule has 1 aromatic heterocycles. The average molecular weight is 224 g/mol. The van der Waals surface area contributed by atoms with Crippen molar-refractivity contribution in [2.45, 2.75) is 6.92 Å². The molecule has 2 aromatic rings. The van der Waals surface area contributed by atoms with Gasteiger partial charge in [0.1, 0.15) is 12.4 Å². The molecular formula is C13H12N4. The van der Waals surface area contributed by atoms with Crippen LogP contribution in [0.5, 0.6) is 0 Å². The molecule has 0 amide bonds. The molecule has 0 aliphatic rings. The van der Waals surface area contributed by atoms with E-state index in [1.165, 1.54) is 5.56 Å². The van der Waals surface area contributed by atoms with Crippen LogP contribution in [0.25, 0.3) is 11.3 Å². The van der Waals surface area contributed by atoms with E-state index >= 15 is 0 Å². The second kappa shape index (κ2) is 5.08. The van der Waals surface area contributed by atoms with Gasteiger partial charge in [-0.25, -0.2) is 0 Å². The van der Waals surface area contributed by atoms with E-state index in [9.17, 15) is 0 Å². The fourth-order valence-corrected chi connectivity index (χ4v) is 1.51. The van der Waals surface area contributed by atoms with E-state index in [0.29, 0.717) is 5.82 Å². The normalized spacial score (nSPS) is 9.65. The minimum Gasteiger partial charge on any atom is -0.356 e. The van der Waals surface area contributed by atoms with Crippen molar-refractivity contribution in [1.82, 2.24) is 10.2 Å². The van der Waals surface area contributed by atoms with Gasteiger partial charge in [-0.1, -0.05) is 23.8 Å². The van der Waals surface area contributed by atoms with Crippen LogP contribution >= 0.6 is 0 Å². The van der Waals surface area contributed by atoms with Crippen molar-refractivity contribution in [1.29, 1.82) is 5.26 Å². The van der Waals surface area contributed by atoms with Gasteiger partial charge in [-0.3, -0.25) is 0 Å². The zero-order chi connectivity index (χ0) is 12.1. The van der Waals surface area contributed by atoms with Gasteiger partial charge in [0.05, 0.1) is 11.8 Å². The van der Waals surface area contributed by atoms with Crippen LogP contribution in [-0.4, -0.2) is 16.7 Å². The van der Waals surface area contributed by atoms with Crippen molar-refractivity contribution in [3.8, 4) is 17.3 Å². The highest BCUT2D eigenvalue weighted by atomic mass is 15.2. The number of benzene rings is 1. The number of aryl methyl sites for hydroxylation is 1. The van der Waals surface area contributed by atoms with Gasteiger partial charge in [0.2, 0.25) is 0 Å². The Labute approximate surface area is 99.9 Å². The number of hydrogen-bond acceptors (Lipinski definition) is 4. The van der Waals surface area contributed by atoms with Crippen molar-refractivity contribution < 1.29 is 0 Å². The zero-order valence-corrected chi connectivity index (χ0v) is 9.51. The summed E-state index contributed by atoms with van der Waals surface area (Å²) in [6.07, 6.45) is 0. The Morgan fingerprint density at radius 2 is 2.12 bits per heavy atom. The summed E-state index contributed by atoms with van der Waals surface area (Å²) in [5, 5.41) is 19.4. The number of nitrogens with zero attached hydrogens (tertiary/aromatic N) is 3. The Bertz CT molecular complexity index is 540. The lowest BCUT2D eigenvalue weighted by Gasteiger charge is -2.03. The third-order valence-corrected chi connectivity index (χ3v) is 2.33. The Kier molecular flexibility index (Phi) is 3.31. The van der Waals surface area contributed by atoms with Crippen LogP contribution in [0.15, 0.2) is 36.4 Å². The minimum atomic E-state index is 0.235. The zero-order valence-electron chi connectivity index (χ0n) is 9.51. The summed E-state index contributed by atoms with van der Waals surface area (Å²) in [4.78, 5) is 0. The maximum atomic E-state index is 8.43. The minimum absolute atomic E-state index is 0.235. The molecule has 0 unspecified atom stereocenters. The van der Waals surface area contributed by atoms with E-state index < -0.39 is 0 Å². The van der Waals surface area contributed by atoms with Crippen molar-refractivity contribution in [2.75, 3.05) is 11.9 Å². The van der Waals surface area contributed by atoms with E-state index in [4.69, 9.17) is 5.26 Å². The first-order valence-electron chi connectivity index (χ1n) is 5.31. The van der Waals surface area contributed by atoms with Gasteiger partial charge in [-0.2, -0.15) is 5.26 Å². The maximum absolute atomic E-state index is 8.43. The van der Waals surface area contributed by atoms with E-state index in [1.54, 1.807) is 0 Å². The molecule has 0 spiro atoms. The van der Waals surface area contributed by atoms with Gasteiger partial charge in [-0.05, 0) is 25.1 Å². The highest BCUT2D eigenvalue weighted by molar-refractivity contribution is 5.60. The van der Waals surface area contributed by atoms with Gasteiger partial charge in [0.15, 0.2) is 0 Å². The standard InChI is InChI=1S/C13H12N4/c1-10-3-2-4-11(9-10)12-5-6-13(17-16-12)15-8-7-14/h2-6,9H,8H2,1H3,(H,15,17). The van der Waals surface area contributed by atoms with Gasteiger partial charge >= 0.3 is 0 Å². The molecule has 0 aliphatic heterocycles. The molecule has 0 saturated heterocycles. The predicted octanol–water partition coefficient (Wildman–Crippen LogP) is 2.39. The van der Waals surface area contributed by atoms with E-state index in [0.717, 1.165) is 11.3 Å². The molecule has 0 fully saturated rings. The second-order valence-electron chi connectivity index (χ2n) is 3.68. The van der Waals surface area contributed by atoms with Crippen LogP contribution in [0, 0.1) is 18.3 Å². The Hall–Kier alpha value is -2.41. The predicted molar refractivity (Wildman–Crippen MR) is 66.3 cm³/mol. The number of nitrogens with one attached hydrogen (secondary N) is 1. The molecule has 0 radical (unpaired) electrons. The van der Waals surface area contributed by atoms with Crippen molar-refractivity contribution in [2.24, 2.45) is 0 Å². The second-order valence-corrected chi connectivity index (χ2v) is 3.68. The van der Waals surface area contributed by atoms with Crippen molar-refractivity contribution in [3.05, 3.63) is 42.0 Å². The van der Waals surface area contributed by atoms with E-state index in [2.05, 4.69) is 21.6 Å². The Morgan fingerprint density at radius 1 is 1.24 bits per heavy atom. The number of aromatic nitrogens is 2.